The maximum absolute atomic E-state index is 11.7. The summed E-state index contributed by atoms with van der Waals surface area (Å²) in [5.74, 6) is 0. The molecular weight excluding hydrogens is 188 g/mol. The standard InChI is InChI=1S/C8H14N2O2S/c1-6(2)13(11,12)8-5-9-10(4)7(8)3/h5-6H,1-4H3. The van der Waals surface area contributed by atoms with Crippen LogP contribution < -0.4 is 0 Å². The van der Waals surface area contributed by atoms with Crippen molar-refractivity contribution in [2.75, 3.05) is 0 Å². The minimum absolute atomic E-state index is 0.338. The molecule has 0 bridgehead atoms. The molecule has 4 nitrogen and oxygen atoms in total. The van der Waals surface area contributed by atoms with Gasteiger partial charge in [-0.2, -0.15) is 5.10 Å². The summed E-state index contributed by atoms with van der Waals surface area (Å²) in [6.45, 7) is 5.09. The van der Waals surface area contributed by atoms with Crippen LogP contribution in [0.25, 0.3) is 0 Å². The maximum atomic E-state index is 11.7. The molecule has 1 heterocycles. The summed E-state index contributed by atoms with van der Waals surface area (Å²) in [6.07, 6.45) is 1.41. The lowest BCUT2D eigenvalue weighted by atomic mass is 10.5. The topological polar surface area (TPSA) is 52.0 Å². The zero-order valence-electron chi connectivity index (χ0n) is 8.27. The normalized spacial score (nSPS) is 12.4. The van der Waals surface area contributed by atoms with Crippen LogP contribution in [0.1, 0.15) is 19.5 Å². The first-order valence-electron chi connectivity index (χ1n) is 4.10. The molecule has 0 unspecified atom stereocenters. The first kappa shape index (κ1) is 10.2. The molecule has 0 amide bonds. The Morgan fingerprint density at radius 1 is 1.46 bits per heavy atom. The van der Waals surface area contributed by atoms with Crippen molar-refractivity contribution in [2.24, 2.45) is 7.05 Å². The lowest BCUT2D eigenvalue weighted by Crippen LogP contribution is -2.14. The van der Waals surface area contributed by atoms with Crippen molar-refractivity contribution < 1.29 is 8.42 Å². The third-order valence-corrected chi connectivity index (χ3v) is 4.37. The minimum atomic E-state index is -3.17. The third-order valence-electron chi connectivity index (χ3n) is 2.12. The van der Waals surface area contributed by atoms with Gasteiger partial charge in [-0.15, -0.1) is 0 Å². The van der Waals surface area contributed by atoms with E-state index in [1.54, 1.807) is 32.5 Å². The molecule has 13 heavy (non-hydrogen) atoms. The molecule has 0 N–H and O–H groups in total. The van der Waals surface area contributed by atoms with Gasteiger partial charge in [-0.3, -0.25) is 4.68 Å². The van der Waals surface area contributed by atoms with Crippen molar-refractivity contribution in [2.45, 2.75) is 30.9 Å². The van der Waals surface area contributed by atoms with E-state index in [1.165, 1.54) is 6.20 Å². The van der Waals surface area contributed by atoms with E-state index >= 15 is 0 Å². The molecule has 1 rings (SSSR count). The Hall–Kier alpha value is -0.840. The van der Waals surface area contributed by atoms with Crippen molar-refractivity contribution in [3.05, 3.63) is 11.9 Å². The Morgan fingerprint density at radius 3 is 2.31 bits per heavy atom. The number of hydrogen-bond acceptors (Lipinski definition) is 3. The second-order valence-corrected chi connectivity index (χ2v) is 5.78. The van der Waals surface area contributed by atoms with E-state index in [4.69, 9.17) is 0 Å². The molecule has 0 radical (unpaired) electrons. The summed E-state index contributed by atoms with van der Waals surface area (Å²) >= 11 is 0. The third kappa shape index (κ3) is 1.60. The van der Waals surface area contributed by atoms with Crippen LogP contribution in [-0.4, -0.2) is 23.4 Å². The van der Waals surface area contributed by atoms with Gasteiger partial charge in [0, 0.05) is 7.05 Å². The second-order valence-electron chi connectivity index (χ2n) is 3.31. The average Bonchev–Trinajstić information content (AvgIpc) is 2.33. The van der Waals surface area contributed by atoms with Crippen LogP contribution in [0.5, 0.6) is 0 Å². The van der Waals surface area contributed by atoms with Crippen molar-refractivity contribution in [3.8, 4) is 0 Å². The lowest BCUT2D eigenvalue weighted by Gasteiger charge is -2.06. The summed E-state index contributed by atoms with van der Waals surface area (Å²) in [5.41, 5.74) is 0.689. The largest absolute Gasteiger partial charge is 0.272 e. The Morgan fingerprint density at radius 2 is 2.00 bits per heavy atom. The van der Waals surface area contributed by atoms with E-state index < -0.39 is 15.1 Å². The molecule has 0 aliphatic carbocycles. The lowest BCUT2D eigenvalue weighted by molar-refractivity contribution is 0.586. The quantitative estimate of drug-likeness (QED) is 0.716. The van der Waals surface area contributed by atoms with Crippen LogP contribution in [0, 0.1) is 6.92 Å². The van der Waals surface area contributed by atoms with Gasteiger partial charge in [0.05, 0.1) is 17.1 Å². The summed E-state index contributed by atoms with van der Waals surface area (Å²) < 4.78 is 25.0. The van der Waals surface area contributed by atoms with Gasteiger partial charge in [0.15, 0.2) is 9.84 Å². The van der Waals surface area contributed by atoms with Crippen LogP contribution in [0.3, 0.4) is 0 Å². The van der Waals surface area contributed by atoms with Crippen LogP contribution in [-0.2, 0) is 16.9 Å². The smallest absolute Gasteiger partial charge is 0.184 e. The Kier molecular flexibility index (Phi) is 2.47. The zero-order chi connectivity index (χ0) is 10.2. The molecule has 5 heteroatoms. The molecule has 0 atom stereocenters. The van der Waals surface area contributed by atoms with Gasteiger partial charge < -0.3 is 0 Å². The van der Waals surface area contributed by atoms with Gasteiger partial charge in [0.25, 0.3) is 0 Å². The molecule has 1 aromatic rings. The van der Waals surface area contributed by atoms with Crippen molar-refractivity contribution in [1.82, 2.24) is 9.78 Å². The molecular formula is C8H14N2O2S. The van der Waals surface area contributed by atoms with Crippen LogP contribution >= 0.6 is 0 Å². The van der Waals surface area contributed by atoms with Gasteiger partial charge in [-0.05, 0) is 20.8 Å². The molecule has 0 saturated heterocycles. The number of nitrogens with zero attached hydrogens (tertiary/aromatic N) is 2. The second kappa shape index (κ2) is 3.14. The van der Waals surface area contributed by atoms with E-state index in [-0.39, 0.29) is 0 Å². The Bertz CT molecular complexity index is 404. The molecule has 74 valence electrons. The van der Waals surface area contributed by atoms with Gasteiger partial charge in [-0.25, -0.2) is 8.42 Å². The van der Waals surface area contributed by atoms with E-state index in [9.17, 15) is 8.42 Å². The monoisotopic (exact) mass is 202 g/mol. The van der Waals surface area contributed by atoms with Crippen molar-refractivity contribution in [1.29, 1.82) is 0 Å². The number of hydrogen-bond donors (Lipinski definition) is 0. The fourth-order valence-electron chi connectivity index (χ4n) is 1.01. The van der Waals surface area contributed by atoms with Gasteiger partial charge >= 0.3 is 0 Å². The SMILES string of the molecule is Cc1c(S(=O)(=O)C(C)C)cnn1C. The molecule has 0 aromatic carbocycles. The average molecular weight is 202 g/mol. The first-order valence-corrected chi connectivity index (χ1v) is 5.64. The van der Waals surface area contributed by atoms with E-state index in [1.807, 2.05) is 0 Å². The first-order chi connectivity index (χ1) is 5.87. The predicted octanol–water partition coefficient (Wildman–Crippen LogP) is 0.911. The predicted molar refractivity (Wildman–Crippen MR) is 50.3 cm³/mol. The number of aromatic nitrogens is 2. The minimum Gasteiger partial charge on any atom is -0.272 e. The number of rotatable bonds is 2. The van der Waals surface area contributed by atoms with Crippen LogP contribution in [0.2, 0.25) is 0 Å². The molecule has 1 aromatic heterocycles. The van der Waals surface area contributed by atoms with Crippen LogP contribution in [0.15, 0.2) is 11.1 Å². The summed E-state index contributed by atoms with van der Waals surface area (Å²) in [7, 11) is -1.44. The Balaban J connectivity index is 3.32. The van der Waals surface area contributed by atoms with E-state index in [0.717, 1.165) is 0 Å². The number of sulfone groups is 1. The van der Waals surface area contributed by atoms with E-state index in [2.05, 4.69) is 5.10 Å². The fraction of sp³-hybridized carbons (Fsp3) is 0.625. The highest BCUT2D eigenvalue weighted by Crippen LogP contribution is 2.18. The van der Waals surface area contributed by atoms with Crippen LogP contribution in [0.4, 0.5) is 0 Å². The highest BCUT2D eigenvalue weighted by atomic mass is 32.2. The van der Waals surface area contributed by atoms with Crippen molar-refractivity contribution >= 4 is 9.84 Å². The highest BCUT2D eigenvalue weighted by molar-refractivity contribution is 7.92. The van der Waals surface area contributed by atoms with Gasteiger partial charge in [0.1, 0.15) is 4.90 Å². The zero-order valence-corrected chi connectivity index (χ0v) is 9.09. The molecule has 0 aliphatic heterocycles. The number of aryl methyl sites for hydroxylation is 1. The Labute approximate surface area is 78.5 Å². The molecule has 0 fully saturated rings. The summed E-state index contributed by atoms with van der Waals surface area (Å²) in [5, 5.41) is 3.51. The fourth-order valence-corrected chi connectivity index (χ4v) is 2.26. The summed E-state index contributed by atoms with van der Waals surface area (Å²) in [6, 6.07) is 0. The van der Waals surface area contributed by atoms with E-state index in [0.29, 0.717) is 10.6 Å². The maximum Gasteiger partial charge on any atom is 0.184 e. The highest BCUT2D eigenvalue weighted by Gasteiger charge is 2.23. The van der Waals surface area contributed by atoms with Gasteiger partial charge in [-0.1, -0.05) is 0 Å². The summed E-state index contributed by atoms with van der Waals surface area (Å²) in [4.78, 5) is 0.338. The van der Waals surface area contributed by atoms with Crippen molar-refractivity contribution in [3.63, 3.8) is 0 Å². The van der Waals surface area contributed by atoms with Gasteiger partial charge in [0.2, 0.25) is 0 Å². The molecule has 0 spiro atoms. The molecule has 0 saturated carbocycles. The molecule has 0 aliphatic rings.